The van der Waals surface area contributed by atoms with Gasteiger partial charge in [-0.3, -0.25) is 0 Å². The lowest BCUT2D eigenvalue weighted by atomic mass is 9.87. The SMILES string of the molecule is CC(C)(C)[Si](C)(C)OCCCCCCC=C[C@@]1(O[Si](C)(C)C(C)(C)C)C=CCC1CC=CCCCCO. The normalized spacial score (nSPS) is 21.6. The molecule has 0 saturated heterocycles. The second kappa shape index (κ2) is 15.4. The zero-order chi connectivity index (χ0) is 28.2. The Kier molecular flexibility index (Phi) is 14.3. The second-order valence-electron chi connectivity index (χ2n) is 14.2. The molecule has 0 aromatic heterocycles. The molecule has 0 saturated carbocycles. The molecule has 1 N–H and O–H groups in total. The minimum absolute atomic E-state index is 0.182. The summed E-state index contributed by atoms with van der Waals surface area (Å²) in [7, 11) is -3.54. The Hall–Kier alpha value is -0.466. The highest BCUT2D eigenvalue weighted by Crippen LogP contribution is 2.45. The minimum Gasteiger partial charge on any atom is -0.417 e. The summed E-state index contributed by atoms with van der Waals surface area (Å²) in [5.41, 5.74) is -0.282. The van der Waals surface area contributed by atoms with Crippen LogP contribution in [0.3, 0.4) is 0 Å². The van der Waals surface area contributed by atoms with Crippen LogP contribution < -0.4 is 0 Å². The summed E-state index contributed by atoms with van der Waals surface area (Å²) in [5.74, 6) is 0.458. The van der Waals surface area contributed by atoms with Gasteiger partial charge >= 0.3 is 0 Å². The largest absolute Gasteiger partial charge is 0.417 e. The van der Waals surface area contributed by atoms with E-state index < -0.39 is 16.6 Å². The van der Waals surface area contributed by atoms with Crippen molar-refractivity contribution < 1.29 is 14.0 Å². The summed E-state index contributed by atoms with van der Waals surface area (Å²) < 4.78 is 13.5. The fourth-order valence-electron chi connectivity index (χ4n) is 4.24. The fourth-order valence-corrected chi connectivity index (χ4v) is 6.82. The van der Waals surface area contributed by atoms with Crippen LogP contribution in [0.5, 0.6) is 0 Å². The first kappa shape index (κ1) is 34.6. The summed E-state index contributed by atoms with van der Waals surface area (Å²) >= 11 is 0. The van der Waals surface area contributed by atoms with E-state index in [4.69, 9.17) is 14.0 Å². The molecule has 0 spiro atoms. The van der Waals surface area contributed by atoms with E-state index in [1.165, 1.54) is 25.7 Å². The van der Waals surface area contributed by atoms with E-state index in [0.717, 1.165) is 45.1 Å². The third-order valence-corrected chi connectivity index (χ3v) is 18.0. The van der Waals surface area contributed by atoms with Gasteiger partial charge < -0.3 is 14.0 Å². The monoisotopic (exact) mass is 550 g/mol. The Balaban J connectivity index is 2.67. The van der Waals surface area contributed by atoms with Crippen molar-refractivity contribution in [3.05, 3.63) is 36.5 Å². The molecule has 0 fully saturated rings. The van der Waals surface area contributed by atoms with E-state index in [0.29, 0.717) is 17.6 Å². The molecule has 216 valence electrons. The summed E-state index contributed by atoms with van der Waals surface area (Å²) in [6, 6.07) is 0. The van der Waals surface area contributed by atoms with Crippen LogP contribution in [0.15, 0.2) is 36.5 Å². The number of rotatable bonds is 17. The van der Waals surface area contributed by atoms with Crippen LogP contribution in [0.4, 0.5) is 0 Å². The highest BCUT2D eigenvalue weighted by molar-refractivity contribution is 6.74. The summed E-state index contributed by atoms with van der Waals surface area (Å²) in [5, 5.41) is 9.49. The lowest BCUT2D eigenvalue weighted by molar-refractivity contribution is 0.0978. The predicted octanol–water partition coefficient (Wildman–Crippen LogP) is 9.96. The molecule has 0 heterocycles. The number of aliphatic hydroxyl groups excluding tert-OH is 1. The zero-order valence-electron chi connectivity index (χ0n) is 26.3. The Labute approximate surface area is 233 Å². The van der Waals surface area contributed by atoms with Crippen molar-refractivity contribution in [2.75, 3.05) is 13.2 Å². The Morgan fingerprint density at radius 3 is 2.03 bits per heavy atom. The molecule has 0 bridgehead atoms. The van der Waals surface area contributed by atoms with Gasteiger partial charge in [-0.1, -0.05) is 90.8 Å². The van der Waals surface area contributed by atoms with Gasteiger partial charge in [-0.2, -0.15) is 0 Å². The number of hydrogen-bond donors (Lipinski definition) is 1. The van der Waals surface area contributed by atoms with Gasteiger partial charge in [0.1, 0.15) is 0 Å². The van der Waals surface area contributed by atoms with Gasteiger partial charge in [-0.15, -0.1) is 0 Å². The lowest BCUT2D eigenvalue weighted by Gasteiger charge is -2.45. The molecular weight excluding hydrogens is 489 g/mol. The fraction of sp³-hybridized carbons (Fsp3) is 0.812. The van der Waals surface area contributed by atoms with Crippen molar-refractivity contribution in [3.63, 3.8) is 0 Å². The standard InChI is InChI=1S/C32H62O3Si2/c1-30(2,3)36(7,8)34-28-21-17-12-11-15-19-25-32(35-37(9,10)31(4,5)6)26-22-24-29(32)23-18-14-13-16-20-27-33/h14,18-19,22,25-26,29,33H,11-13,15-17,20-21,23-24,27-28H2,1-10H3/t29?,32-/m1/s1. The van der Waals surface area contributed by atoms with Crippen LogP contribution in [0, 0.1) is 5.92 Å². The van der Waals surface area contributed by atoms with Crippen LogP contribution in [-0.2, 0) is 8.85 Å². The van der Waals surface area contributed by atoms with Gasteiger partial charge in [-0.25, -0.2) is 0 Å². The van der Waals surface area contributed by atoms with E-state index in [-0.39, 0.29) is 10.6 Å². The number of aliphatic hydroxyl groups is 1. The maximum atomic E-state index is 9.01. The maximum Gasteiger partial charge on any atom is 0.193 e. The summed E-state index contributed by atoms with van der Waals surface area (Å²) in [4.78, 5) is 0. The quantitative estimate of drug-likeness (QED) is 0.111. The molecule has 1 rings (SSSR count). The first-order valence-electron chi connectivity index (χ1n) is 15.0. The third-order valence-electron chi connectivity index (χ3n) is 8.95. The molecule has 1 aliphatic rings. The van der Waals surface area contributed by atoms with Crippen molar-refractivity contribution in [1.82, 2.24) is 0 Å². The molecule has 1 unspecified atom stereocenters. The molecule has 1 aliphatic carbocycles. The predicted molar refractivity (Wildman–Crippen MR) is 168 cm³/mol. The highest BCUT2D eigenvalue weighted by atomic mass is 28.4. The number of hydrogen-bond acceptors (Lipinski definition) is 3. The van der Waals surface area contributed by atoms with Gasteiger partial charge in [0.15, 0.2) is 16.6 Å². The molecule has 5 heteroatoms. The smallest absolute Gasteiger partial charge is 0.193 e. The van der Waals surface area contributed by atoms with Crippen LogP contribution in [-0.4, -0.2) is 40.6 Å². The second-order valence-corrected chi connectivity index (χ2v) is 23.7. The molecule has 3 nitrogen and oxygen atoms in total. The van der Waals surface area contributed by atoms with Gasteiger partial charge in [-0.05, 0) is 87.6 Å². The molecule has 0 aliphatic heterocycles. The molecule has 0 aromatic carbocycles. The molecule has 0 radical (unpaired) electrons. The first-order chi connectivity index (χ1) is 17.1. The molecular formula is C32H62O3Si2. The minimum atomic E-state index is -1.93. The molecule has 37 heavy (non-hydrogen) atoms. The van der Waals surface area contributed by atoms with E-state index in [2.05, 4.69) is 104 Å². The average Bonchev–Trinajstić information content (AvgIpc) is 3.14. The number of allylic oxidation sites excluding steroid dienone is 4. The van der Waals surface area contributed by atoms with E-state index in [9.17, 15) is 0 Å². The molecule has 0 amide bonds. The van der Waals surface area contributed by atoms with Crippen molar-refractivity contribution in [2.45, 2.75) is 148 Å². The van der Waals surface area contributed by atoms with Gasteiger partial charge in [0, 0.05) is 19.1 Å². The highest BCUT2D eigenvalue weighted by Gasteiger charge is 2.47. The van der Waals surface area contributed by atoms with E-state index >= 15 is 0 Å². The van der Waals surface area contributed by atoms with Crippen LogP contribution >= 0.6 is 0 Å². The zero-order valence-corrected chi connectivity index (χ0v) is 28.3. The average molecular weight is 551 g/mol. The lowest BCUT2D eigenvalue weighted by Crippen LogP contribution is -2.50. The van der Waals surface area contributed by atoms with Crippen LogP contribution in [0.1, 0.15) is 106 Å². The van der Waals surface area contributed by atoms with Gasteiger partial charge in [0.25, 0.3) is 0 Å². The Morgan fingerprint density at radius 1 is 0.811 bits per heavy atom. The third kappa shape index (κ3) is 11.7. The molecule has 0 aromatic rings. The van der Waals surface area contributed by atoms with Gasteiger partial charge in [0.05, 0.1) is 5.60 Å². The Bertz CT molecular complexity index is 725. The van der Waals surface area contributed by atoms with Gasteiger partial charge in [0.2, 0.25) is 0 Å². The Morgan fingerprint density at radius 2 is 1.41 bits per heavy atom. The van der Waals surface area contributed by atoms with Crippen molar-refractivity contribution >= 4 is 16.6 Å². The van der Waals surface area contributed by atoms with Crippen molar-refractivity contribution in [1.29, 1.82) is 0 Å². The first-order valence-corrected chi connectivity index (χ1v) is 20.8. The van der Waals surface area contributed by atoms with Crippen LogP contribution in [0.2, 0.25) is 36.3 Å². The summed E-state index contributed by atoms with van der Waals surface area (Å²) in [6.45, 7) is 24.6. The topological polar surface area (TPSA) is 38.7 Å². The maximum absolute atomic E-state index is 9.01. The summed E-state index contributed by atoms with van der Waals surface area (Å²) in [6.07, 6.45) is 25.3. The van der Waals surface area contributed by atoms with Crippen molar-refractivity contribution in [3.8, 4) is 0 Å². The van der Waals surface area contributed by atoms with Crippen LogP contribution in [0.25, 0.3) is 0 Å². The number of unbranched alkanes of at least 4 members (excludes halogenated alkanes) is 6. The van der Waals surface area contributed by atoms with E-state index in [1.807, 2.05) is 0 Å². The van der Waals surface area contributed by atoms with E-state index in [1.54, 1.807) is 0 Å². The van der Waals surface area contributed by atoms with Crippen molar-refractivity contribution in [2.24, 2.45) is 5.92 Å². The molecule has 2 atom stereocenters.